The third-order valence-electron chi connectivity index (χ3n) is 4.30. The van der Waals surface area contributed by atoms with Crippen LogP contribution in [0.3, 0.4) is 0 Å². The number of furan rings is 1. The molecular formula is C18H17ClFN3O3. The highest BCUT2D eigenvalue weighted by Gasteiger charge is 2.29. The molecule has 4 N–H and O–H groups in total. The molecule has 2 aromatic heterocycles. The van der Waals surface area contributed by atoms with Crippen molar-refractivity contribution in [3.63, 3.8) is 0 Å². The Bertz CT molecular complexity index is 1020. The van der Waals surface area contributed by atoms with Crippen LogP contribution in [0.5, 0.6) is 5.75 Å². The van der Waals surface area contributed by atoms with E-state index in [1.165, 1.54) is 16.7 Å². The summed E-state index contributed by atoms with van der Waals surface area (Å²) < 4.78 is 21.6. The highest BCUT2D eigenvalue weighted by Crippen LogP contribution is 2.45. The van der Waals surface area contributed by atoms with E-state index in [0.29, 0.717) is 28.1 Å². The lowest BCUT2D eigenvalue weighted by atomic mass is 9.94. The number of oxime groups is 1. The van der Waals surface area contributed by atoms with Crippen LogP contribution >= 0.6 is 11.6 Å². The lowest BCUT2D eigenvalue weighted by Gasteiger charge is -2.10. The third-order valence-corrected chi connectivity index (χ3v) is 4.75. The first-order chi connectivity index (χ1) is 12.3. The zero-order valence-corrected chi connectivity index (χ0v) is 15.1. The number of hydrogen-bond acceptors (Lipinski definition) is 4. The molecule has 3 aromatic rings. The molecular weight excluding hydrogens is 361 g/mol. The van der Waals surface area contributed by atoms with E-state index in [4.69, 9.17) is 21.8 Å². The van der Waals surface area contributed by atoms with Crippen LogP contribution in [0.1, 0.15) is 17.0 Å². The minimum absolute atomic E-state index is 0.171. The fraction of sp³-hybridized carbons (Fsp3) is 0.167. The summed E-state index contributed by atoms with van der Waals surface area (Å²) in [7, 11) is 1.63. The van der Waals surface area contributed by atoms with Crippen LogP contribution < -0.4 is 5.73 Å². The van der Waals surface area contributed by atoms with Crippen molar-refractivity contribution in [2.24, 2.45) is 17.9 Å². The number of nitrogens with two attached hydrogens (primary N) is 1. The van der Waals surface area contributed by atoms with Gasteiger partial charge in [0.05, 0.1) is 12.0 Å². The first-order valence-electron chi connectivity index (χ1n) is 7.67. The van der Waals surface area contributed by atoms with Gasteiger partial charge in [0.25, 0.3) is 0 Å². The van der Waals surface area contributed by atoms with Crippen LogP contribution in [0.15, 0.2) is 34.0 Å². The summed E-state index contributed by atoms with van der Waals surface area (Å²) >= 11 is 6.50. The number of amidine groups is 1. The molecule has 0 amide bonds. The van der Waals surface area contributed by atoms with Crippen molar-refractivity contribution in [1.82, 2.24) is 4.57 Å². The fourth-order valence-electron chi connectivity index (χ4n) is 3.14. The van der Waals surface area contributed by atoms with Crippen LogP contribution in [-0.4, -0.2) is 20.7 Å². The van der Waals surface area contributed by atoms with E-state index in [1.54, 1.807) is 20.2 Å². The highest BCUT2D eigenvalue weighted by molar-refractivity contribution is 6.34. The molecule has 0 radical (unpaired) electrons. The molecule has 0 saturated heterocycles. The first-order valence-corrected chi connectivity index (χ1v) is 8.05. The maximum Gasteiger partial charge on any atom is 0.187 e. The van der Waals surface area contributed by atoms with Gasteiger partial charge in [-0.1, -0.05) is 16.8 Å². The van der Waals surface area contributed by atoms with Crippen LogP contribution in [0.4, 0.5) is 4.39 Å². The van der Waals surface area contributed by atoms with Gasteiger partial charge in [-0.05, 0) is 31.5 Å². The number of rotatable bonds is 3. The normalized spacial score (nSPS) is 12.0. The van der Waals surface area contributed by atoms with Crippen molar-refractivity contribution >= 4 is 17.4 Å². The van der Waals surface area contributed by atoms with E-state index in [9.17, 15) is 14.7 Å². The Labute approximate surface area is 153 Å². The Morgan fingerprint density at radius 2 is 1.96 bits per heavy atom. The topological polar surface area (TPSA) is 96.9 Å². The second-order valence-electron chi connectivity index (χ2n) is 5.95. The molecule has 0 atom stereocenters. The molecule has 3 rings (SSSR count). The molecule has 8 heteroatoms. The molecule has 2 heterocycles. The molecule has 1 aromatic carbocycles. The Morgan fingerprint density at radius 3 is 2.50 bits per heavy atom. The SMILES string of the molecule is Cc1coc(C)c1-c1c(-c2ccc(O)cc2F)c(Cl)n(C)c1/C(N)=N/O. The lowest BCUT2D eigenvalue weighted by Crippen LogP contribution is -2.18. The van der Waals surface area contributed by atoms with Crippen LogP contribution in [0.25, 0.3) is 22.3 Å². The summed E-state index contributed by atoms with van der Waals surface area (Å²) in [5, 5.41) is 22.0. The van der Waals surface area contributed by atoms with Gasteiger partial charge in [0, 0.05) is 35.4 Å². The number of aromatic nitrogens is 1. The average molecular weight is 378 g/mol. The monoisotopic (exact) mass is 377 g/mol. The second kappa shape index (κ2) is 6.42. The van der Waals surface area contributed by atoms with Crippen molar-refractivity contribution in [3.8, 4) is 28.0 Å². The van der Waals surface area contributed by atoms with Crippen LogP contribution in [0, 0.1) is 19.7 Å². The Balaban J connectivity index is 2.49. The Kier molecular flexibility index (Phi) is 4.41. The van der Waals surface area contributed by atoms with Gasteiger partial charge in [0.1, 0.15) is 22.5 Å². The van der Waals surface area contributed by atoms with Crippen molar-refractivity contribution in [2.45, 2.75) is 13.8 Å². The molecule has 0 saturated carbocycles. The van der Waals surface area contributed by atoms with Gasteiger partial charge in [-0.25, -0.2) is 4.39 Å². The molecule has 0 fully saturated rings. The van der Waals surface area contributed by atoms with Gasteiger partial charge < -0.3 is 25.0 Å². The summed E-state index contributed by atoms with van der Waals surface area (Å²) in [4.78, 5) is 0. The van der Waals surface area contributed by atoms with Gasteiger partial charge in [-0.3, -0.25) is 0 Å². The smallest absolute Gasteiger partial charge is 0.187 e. The molecule has 0 aliphatic heterocycles. The number of nitrogens with zero attached hydrogens (tertiary/aromatic N) is 2. The van der Waals surface area contributed by atoms with Crippen molar-refractivity contribution < 1.29 is 19.1 Å². The highest BCUT2D eigenvalue weighted by atomic mass is 35.5. The Morgan fingerprint density at radius 1 is 1.27 bits per heavy atom. The summed E-state index contributed by atoms with van der Waals surface area (Å²) in [5.74, 6) is -0.442. The van der Waals surface area contributed by atoms with E-state index in [-0.39, 0.29) is 22.3 Å². The number of halogens is 2. The summed E-state index contributed by atoms with van der Waals surface area (Å²) in [6.07, 6.45) is 1.57. The predicted molar refractivity (Wildman–Crippen MR) is 97.2 cm³/mol. The van der Waals surface area contributed by atoms with Crippen molar-refractivity contribution in [1.29, 1.82) is 0 Å². The van der Waals surface area contributed by atoms with Gasteiger partial charge in [0.15, 0.2) is 5.84 Å². The van der Waals surface area contributed by atoms with E-state index in [0.717, 1.165) is 11.6 Å². The summed E-state index contributed by atoms with van der Waals surface area (Å²) in [5.41, 5.74) is 8.70. The molecule has 136 valence electrons. The zero-order chi connectivity index (χ0) is 19.2. The van der Waals surface area contributed by atoms with E-state index < -0.39 is 5.82 Å². The number of hydrogen-bond donors (Lipinski definition) is 3. The predicted octanol–water partition coefficient (Wildman–Crippen LogP) is 4.16. The summed E-state index contributed by atoms with van der Waals surface area (Å²) in [6.45, 7) is 3.59. The van der Waals surface area contributed by atoms with Gasteiger partial charge in [-0.15, -0.1) is 0 Å². The third kappa shape index (κ3) is 2.61. The largest absolute Gasteiger partial charge is 0.508 e. The number of aromatic hydroxyl groups is 1. The summed E-state index contributed by atoms with van der Waals surface area (Å²) in [6, 6.07) is 3.79. The number of benzene rings is 1. The van der Waals surface area contributed by atoms with Gasteiger partial charge in [0.2, 0.25) is 0 Å². The van der Waals surface area contributed by atoms with Crippen molar-refractivity contribution in [2.75, 3.05) is 0 Å². The van der Waals surface area contributed by atoms with Gasteiger partial charge >= 0.3 is 0 Å². The van der Waals surface area contributed by atoms with Crippen LogP contribution in [-0.2, 0) is 7.05 Å². The van der Waals surface area contributed by atoms with Crippen LogP contribution in [0.2, 0.25) is 5.15 Å². The molecule has 0 aliphatic carbocycles. The fourth-order valence-corrected chi connectivity index (χ4v) is 3.42. The zero-order valence-electron chi connectivity index (χ0n) is 14.3. The number of phenols is 1. The van der Waals surface area contributed by atoms with E-state index in [1.807, 2.05) is 6.92 Å². The maximum absolute atomic E-state index is 14.6. The van der Waals surface area contributed by atoms with E-state index >= 15 is 0 Å². The van der Waals surface area contributed by atoms with Gasteiger partial charge in [-0.2, -0.15) is 0 Å². The van der Waals surface area contributed by atoms with E-state index in [2.05, 4.69) is 5.16 Å². The first kappa shape index (κ1) is 17.9. The lowest BCUT2D eigenvalue weighted by molar-refractivity contribution is 0.318. The maximum atomic E-state index is 14.6. The molecule has 0 unspecified atom stereocenters. The number of phenolic OH excluding ortho intramolecular Hbond substituents is 1. The minimum atomic E-state index is -0.649. The molecule has 6 nitrogen and oxygen atoms in total. The average Bonchev–Trinajstić information content (AvgIpc) is 3.04. The standard InChI is InChI=1S/C18H17ClFN3O3/c1-8-7-26-9(2)13(8)15-14(11-5-4-10(24)6-12(11)20)17(19)23(3)16(15)18(21)22-25/h4-7,24-25H,1-3H3,(H2,21,22). The number of aryl methyl sites for hydroxylation is 2. The quantitative estimate of drug-likeness (QED) is 0.276. The molecule has 0 aliphatic rings. The Hall–Kier alpha value is -2.93. The molecule has 26 heavy (non-hydrogen) atoms. The minimum Gasteiger partial charge on any atom is -0.508 e. The molecule has 0 spiro atoms. The second-order valence-corrected chi connectivity index (χ2v) is 6.31. The van der Waals surface area contributed by atoms with Crippen molar-refractivity contribution in [3.05, 3.63) is 52.5 Å². The molecule has 0 bridgehead atoms.